The van der Waals surface area contributed by atoms with Gasteiger partial charge in [0.2, 0.25) is 0 Å². The van der Waals surface area contributed by atoms with E-state index in [1.165, 1.54) is 0 Å². The zero-order valence-electron chi connectivity index (χ0n) is 13.7. The minimum atomic E-state index is -0.0178. The second-order valence-electron chi connectivity index (χ2n) is 5.90. The van der Waals surface area contributed by atoms with Gasteiger partial charge in [0.1, 0.15) is 5.82 Å². The van der Waals surface area contributed by atoms with Gasteiger partial charge in [-0.25, -0.2) is 4.98 Å². The molecule has 22 heavy (non-hydrogen) atoms. The van der Waals surface area contributed by atoms with Crippen LogP contribution in [0.15, 0.2) is 36.5 Å². The summed E-state index contributed by atoms with van der Waals surface area (Å²) in [6, 6.07) is 9.84. The van der Waals surface area contributed by atoms with Gasteiger partial charge in [0.05, 0.1) is 21.6 Å². The SMILES string of the molecule is CC.CC(C)(C)c1cc(Cl)c(-c2nc3ccccc3[nH]2)cn1. The van der Waals surface area contributed by atoms with Crippen molar-refractivity contribution in [1.29, 1.82) is 0 Å². The minimum Gasteiger partial charge on any atom is -0.338 e. The number of nitrogens with zero attached hydrogens (tertiary/aromatic N) is 2. The highest BCUT2D eigenvalue weighted by Crippen LogP contribution is 2.30. The lowest BCUT2D eigenvalue weighted by atomic mass is 9.91. The first kappa shape index (κ1) is 16.5. The van der Waals surface area contributed by atoms with Gasteiger partial charge in [-0.2, -0.15) is 0 Å². The first-order valence-corrected chi connectivity index (χ1v) is 7.94. The molecule has 0 atom stereocenters. The molecule has 0 fully saturated rings. The van der Waals surface area contributed by atoms with Crippen molar-refractivity contribution in [3.05, 3.63) is 47.2 Å². The predicted octanol–water partition coefficient (Wildman–Crippen LogP) is 5.60. The van der Waals surface area contributed by atoms with Crippen LogP contribution in [0.3, 0.4) is 0 Å². The molecule has 3 aromatic rings. The topological polar surface area (TPSA) is 41.6 Å². The van der Waals surface area contributed by atoms with Gasteiger partial charge in [-0.05, 0) is 18.2 Å². The molecule has 0 unspecified atom stereocenters. The number of aromatic nitrogens is 3. The third-order valence-corrected chi connectivity index (χ3v) is 3.58. The molecule has 3 rings (SSSR count). The van der Waals surface area contributed by atoms with Crippen LogP contribution in [-0.2, 0) is 5.41 Å². The molecule has 0 radical (unpaired) electrons. The van der Waals surface area contributed by atoms with Crippen molar-refractivity contribution in [2.75, 3.05) is 0 Å². The molecule has 0 amide bonds. The molecular weight excluding hydrogens is 294 g/mol. The fraction of sp³-hybridized carbons (Fsp3) is 0.333. The molecule has 1 N–H and O–H groups in total. The fourth-order valence-electron chi connectivity index (χ4n) is 2.10. The number of halogens is 1. The Morgan fingerprint density at radius 3 is 2.36 bits per heavy atom. The van der Waals surface area contributed by atoms with Crippen LogP contribution >= 0.6 is 11.6 Å². The largest absolute Gasteiger partial charge is 0.338 e. The highest BCUT2D eigenvalue weighted by atomic mass is 35.5. The standard InChI is InChI=1S/C16H16ClN3.C2H6/c1-16(2,3)14-8-11(17)10(9-18-14)15-19-12-6-4-5-7-13(12)20-15;1-2/h4-9H,1-3H3,(H,19,20);1-2H3. The van der Waals surface area contributed by atoms with Gasteiger partial charge < -0.3 is 4.98 Å². The van der Waals surface area contributed by atoms with Crippen LogP contribution in [0.2, 0.25) is 5.02 Å². The van der Waals surface area contributed by atoms with E-state index in [-0.39, 0.29) is 5.41 Å². The molecular formula is C18H22ClN3. The van der Waals surface area contributed by atoms with E-state index >= 15 is 0 Å². The predicted molar refractivity (Wildman–Crippen MR) is 94.4 cm³/mol. The van der Waals surface area contributed by atoms with E-state index in [4.69, 9.17) is 11.6 Å². The Kier molecular flexibility index (Phi) is 4.87. The van der Waals surface area contributed by atoms with E-state index in [1.54, 1.807) is 6.20 Å². The summed E-state index contributed by atoms with van der Waals surface area (Å²) >= 11 is 6.40. The van der Waals surface area contributed by atoms with Crippen molar-refractivity contribution in [3.63, 3.8) is 0 Å². The number of benzene rings is 1. The fourth-order valence-corrected chi connectivity index (χ4v) is 2.34. The third kappa shape index (κ3) is 3.30. The molecule has 4 heteroatoms. The summed E-state index contributed by atoms with van der Waals surface area (Å²) < 4.78 is 0. The Morgan fingerprint density at radius 2 is 1.77 bits per heavy atom. The van der Waals surface area contributed by atoms with Gasteiger partial charge in [0.25, 0.3) is 0 Å². The summed E-state index contributed by atoms with van der Waals surface area (Å²) in [6.07, 6.45) is 1.79. The Hall–Kier alpha value is -1.87. The maximum absolute atomic E-state index is 6.40. The maximum atomic E-state index is 6.40. The molecule has 0 aliphatic rings. The molecule has 0 saturated heterocycles. The Labute approximate surface area is 136 Å². The number of rotatable bonds is 1. The van der Waals surface area contributed by atoms with Crippen LogP contribution in [0, 0.1) is 0 Å². The zero-order valence-corrected chi connectivity index (χ0v) is 14.5. The second-order valence-corrected chi connectivity index (χ2v) is 6.31. The molecule has 2 aromatic heterocycles. The maximum Gasteiger partial charge on any atom is 0.141 e. The molecule has 0 bridgehead atoms. The number of nitrogens with one attached hydrogen (secondary N) is 1. The van der Waals surface area contributed by atoms with Crippen LogP contribution < -0.4 is 0 Å². The lowest BCUT2D eigenvalue weighted by Gasteiger charge is -2.18. The van der Waals surface area contributed by atoms with E-state index in [2.05, 4.69) is 35.7 Å². The molecule has 2 heterocycles. The Morgan fingerprint density at radius 1 is 1.09 bits per heavy atom. The average molecular weight is 316 g/mol. The summed E-state index contributed by atoms with van der Waals surface area (Å²) in [5, 5.41) is 0.670. The normalized spacial score (nSPS) is 11.2. The van der Waals surface area contributed by atoms with Crippen molar-refractivity contribution >= 4 is 22.6 Å². The number of para-hydroxylation sites is 2. The number of hydrogen-bond donors (Lipinski definition) is 1. The summed E-state index contributed by atoms with van der Waals surface area (Å²) in [6.45, 7) is 10.4. The number of fused-ring (bicyclic) bond motifs is 1. The molecule has 0 saturated carbocycles. The lowest BCUT2D eigenvalue weighted by Crippen LogP contribution is -2.13. The molecule has 116 valence electrons. The van der Waals surface area contributed by atoms with Gasteiger partial charge >= 0.3 is 0 Å². The lowest BCUT2D eigenvalue weighted by molar-refractivity contribution is 0.569. The zero-order chi connectivity index (χ0) is 16.3. The smallest absolute Gasteiger partial charge is 0.141 e. The van der Waals surface area contributed by atoms with Gasteiger partial charge in [-0.1, -0.05) is 58.4 Å². The van der Waals surface area contributed by atoms with Crippen LogP contribution in [0.25, 0.3) is 22.4 Å². The van der Waals surface area contributed by atoms with Crippen LogP contribution in [0.5, 0.6) is 0 Å². The first-order chi connectivity index (χ1) is 10.4. The summed E-state index contributed by atoms with van der Waals surface area (Å²) in [5.41, 5.74) is 3.71. The van der Waals surface area contributed by atoms with Crippen LogP contribution in [0.1, 0.15) is 40.3 Å². The van der Waals surface area contributed by atoms with Gasteiger partial charge in [-0.3, -0.25) is 4.98 Å². The molecule has 0 spiro atoms. The molecule has 0 aliphatic carbocycles. The van der Waals surface area contributed by atoms with Crippen molar-refractivity contribution in [2.24, 2.45) is 0 Å². The first-order valence-electron chi connectivity index (χ1n) is 7.56. The van der Waals surface area contributed by atoms with E-state index in [1.807, 2.05) is 44.2 Å². The van der Waals surface area contributed by atoms with Crippen LogP contribution in [0.4, 0.5) is 0 Å². The Bertz CT molecular complexity index is 736. The highest BCUT2D eigenvalue weighted by molar-refractivity contribution is 6.33. The molecule has 0 aliphatic heterocycles. The molecule has 1 aromatic carbocycles. The number of pyridine rings is 1. The monoisotopic (exact) mass is 315 g/mol. The van der Waals surface area contributed by atoms with Gasteiger partial charge in [-0.15, -0.1) is 0 Å². The molecule has 3 nitrogen and oxygen atoms in total. The van der Waals surface area contributed by atoms with E-state index < -0.39 is 0 Å². The van der Waals surface area contributed by atoms with Crippen molar-refractivity contribution in [1.82, 2.24) is 15.0 Å². The third-order valence-electron chi connectivity index (χ3n) is 3.27. The van der Waals surface area contributed by atoms with Gasteiger partial charge in [0.15, 0.2) is 0 Å². The number of imidazole rings is 1. The number of aromatic amines is 1. The summed E-state index contributed by atoms with van der Waals surface area (Å²) in [4.78, 5) is 12.3. The second kappa shape index (κ2) is 6.49. The number of hydrogen-bond acceptors (Lipinski definition) is 2. The minimum absolute atomic E-state index is 0.0178. The van der Waals surface area contributed by atoms with Crippen LogP contribution in [-0.4, -0.2) is 15.0 Å². The van der Waals surface area contributed by atoms with Crippen molar-refractivity contribution in [2.45, 2.75) is 40.0 Å². The van der Waals surface area contributed by atoms with Gasteiger partial charge in [0, 0.05) is 17.3 Å². The van der Waals surface area contributed by atoms with E-state index in [0.717, 1.165) is 28.1 Å². The quantitative estimate of drug-likeness (QED) is 0.635. The summed E-state index contributed by atoms with van der Waals surface area (Å²) in [5.74, 6) is 0.754. The average Bonchev–Trinajstić information content (AvgIpc) is 2.91. The number of H-pyrrole nitrogens is 1. The van der Waals surface area contributed by atoms with Crippen molar-refractivity contribution < 1.29 is 0 Å². The van der Waals surface area contributed by atoms with E-state index in [0.29, 0.717) is 5.02 Å². The highest BCUT2D eigenvalue weighted by Gasteiger charge is 2.18. The van der Waals surface area contributed by atoms with Crippen molar-refractivity contribution in [3.8, 4) is 11.4 Å². The van der Waals surface area contributed by atoms with E-state index in [9.17, 15) is 0 Å². The summed E-state index contributed by atoms with van der Waals surface area (Å²) in [7, 11) is 0. The Balaban J connectivity index is 0.000000847.